The molecule has 6 nitrogen and oxygen atoms in total. The summed E-state index contributed by atoms with van der Waals surface area (Å²) < 4.78 is 0. The van der Waals surface area contributed by atoms with Crippen LogP contribution in [0, 0.1) is 0 Å². The maximum Gasteiger partial charge on any atom is 0.254 e. The van der Waals surface area contributed by atoms with Crippen molar-refractivity contribution in [2.75, 3.05) is 19.6 Å². The lowest BCUT2D eigenvalue weighted by Gasteiger charge is -2.39. The fourth-order valence-corrected chi connectivity index (χ4v) is 4.69. The number of rotatable bonds is 4. The first kappa shape index (κ1) is 20.1. The Morgan fingerprint density at radius 3 is 2.59 bits per heavy atom. The molecule has 154 valence electrons. The summed E-state index contributed by atoms with van der Waals surface area (Å²) in [6.07, 6.45) is 5.90. The van der Waals surface area contributed by atoms with Crippen molar-refractivity contribution in [2.24, 2.45) is 0 Å². The molecule has 7 heteroatoms. The lowest BCUT2D eigenvalue weighted by molar-refractivity contribution is -0.131. The van der Waals surface area contributed by atoms with Crippen molar-refractivity contribution in [3.8, 4) is 11.4 Å². The van der Waals surface area contributed by atoms with Gasteiger partial charge in [-0.25, -0.2) is 4.98 Å². The first-order valence-electron chi connectivity index (χ1n) is 10.3. The topological polar surface area (TPSA) is 78.1 Å². The predicted octanol–water partition coefficient (Wildman–Crippen LogP) is 2.42. The molecule has 2 aliphatic carbocycles. The van der Waals surface area contributed by atoms with Crippen LogP contribution < -0.4 is 10.9 Å². The van der Waals surface area contributed by atoms with Gasteiger partial charge in [-0.3, -0.25) is 9.59 Å². The Balaban J connectivity index is 0.00000205. The molecule has 0 bridgehead atoms. The Labute approximate surface area is 176 Å². The second kappa shape index (κ2) is 7.92. The van der Waals surface area contributed by atoms with Gasteiger partial charge in [0, 0.05) is 35.7 Å². The normalized spacial score (nSPS) is 19.7. The summed E-state index contributed by atoms with van der Waals surface area (Å²) in [6, 6.07) is 10.4. The van der Waals surface area contributed by atoms with E-state index in [1.807, 2.05) is 35.2 Å². The van der Waals surface area contributed by atoms with Gasteiger partial charge in [0.25, 0.3) is 5.56 Å². The van der Waals surface area contributed by atoms with Gasteiger partial charge >= 0.3 is 0 Å². The second-order valence-corrected chi connectivity index (χ2v) is 8.42. The van der Waals surface area contributed by atoms with E-state index in [0.717, 1.165) is 55.6 Å². The predicted molar refractivity (Wildman–Crippen MR) is 114 cm³/mol. The van der Waals surface area contributed by atoms with Crippen molar-refractivity contribution in [3.63, 3.8) is 0 Å². The number of aromatic nitrogens is 2. The van der Waals surface area contributed by atoms with E-state index in [9.17, 15) is 9.59 Å². The van der Waals surface area contributed by atoms with E-state index in [1.165, 1.54) is 12.8 Å². The number of halogens is 1. The average molecular weight is 415 g/mol. The van der Waals surface area contributed by atoms with Crippen molar-refractivity contribution < 1.29 is 4.79 Å². The highest BCUT2D eigenvalue weighted by Gasteiger charge is 2.44. The first-order chi connectivity index (χ1) is 13.6. The SMILES string of the molecule is Cl.O=C(CNC1CC1)N1CCC2(CCc3c2nc(-c2ccccc2)[nH]c3=O)CC1. The van der Waals surface area contributed by atoms with Crippen LogP contribution in [-0.2, 0) is 16.6 Å². The van der Waals surface area contributed by atoms with E-state index in [0.29, 0.717) is 18.4 Å². The Bertz CT molecular complexity index is 947. The highest BCUT2D eigenvalue weighted by Crippen LogP contribution is 2.44. The number of carbonyl (C=O) groups is 1. The number of H-pyrrole nitrogens is 1. The number of carbonyl (C=O) groups excluding carboxylic acids is 1. The van der Waals surface area contributed by atoms with Crippen LogP contribution >= 0.6 is 12.4 Å². The van der Waals surface area contributed by atoms with Gasteiger partial charge in [0.2, 0.25) is 5.91 Å². The summed E-state index contributed by atoms with van der Waals surface area (Å²) in [5.41, 5.74) is 2.68. The number of nitrogens with zero attached hydrogens (tertiary/aromatic N) is 2. The number of amides is 1. The molecule has 1 amide bonds. The van der Waals surface area contributed by atoms with Crippen LogP contribution in [-0.4, -0.2) is 46.5 Å². The van der Waals surface area contributed by atoms with Crippen LogP contribution in [0.3, 0.4) is 0 Å². The quantitative estimate of drug-likeness (QED) is 0.805. The zero-order valence-electron chi connectivity index (χ0n) is 16.4. The maximum absolute atomic E-state index is 12.7. The standard InChI is InChI=1S/C22H26N4O2.ClH/c27-18(14-23-16-6-7-16)26-12-10-22(11-13-26)9-8-17-19(22)24-20(25-21(17)28)15-4-2-1-3-5-15;/h1-5,16,23H,6-14H2,(H,24,25,28);1H. The van der Waals surface area contributed by atoms with Gasteiger partial charge in [0.15, 0.2) is 0 Å². The van der Waals surface area contributed by atoms with Crippen molar-refractivity contribution in [1.29, 1.82) is 0 Å². The van der Waals surface area contributed by atoms with Gasteiger partial charge < -0.3 is 15.2 Å². The van der Waals surface area contributed by atoms with Crippen LogP contribution in [0.15, 0.2) is 35.1 Å². The molecule has 2 fully saturated rings. The average Bonchev–Trinajstić information content (AvgIpc) is 3.50. The number of nitrogens with one attached hydrogen (secondary N) is 2. The number of hydrogen-bond acceptors (Lipinski definition) is 4. The Hall–Kier alpha value is -2.18. The Morgan fingerprint density at radius 1 is 1.17 bits per heavy atom. The molecule has 29 heavy (non-hydrogen) atoms. The summed E-state index contributed by atoms with van der Waals surface area (Å²) in [6.45, 7) is 1.95. The van der Waals surface area contributed by atoms with E-state index < -0.39 is 0 Å². The molecule has 1 saturated carbocycles. The molecule has 5 rings (SSSR count). The zero-order chi connectivity index (χ0) is 19.1. The molecule has 0 unspecified atom stereocenters. The fourth-order valence-electron chi connectivity index (χ4n) is 4.69. The largest absolute Gasteiger partial charge is 0.342 e. The molecule has 3 aliphatic rings. The van der Waals surface area contributed by atoms with Crippen LogP contribution in [0.5, 0.6) is 0 Å². The molecule has 2 aromatic rings. The highest BCUT2D eigenvalue weighted by atomic mass is 35.5. The number of benzene rings is 1. The van der Waals surface area contributed by atoms with Crippen LogP contribution in [0.4, 0.5) is 0 Å². The molecule has 2 N–H and O–H groups in total. The molecular weight excluding hydrogens is 388 g/mol. The molecule has 2 heterocycles. The monoisotopic (exact) mass is 414 g/mol. The van der Waals surface area contributed by atoms with Crippen molar-refractivity contribution in [1.82, 2.24) is 20.2 Å². The van der Waals surface area contributed by atoms with Gasteiger partial charge in [-0.05, 0) is 38.5 Å². The molecule has 1 saturated heterocycles. The van der Waals surface area contributed by atoms with Crippen molar-refractivity contribution >= 4 is 18.3 Å². The van der Waals surface area contributed by atoms with Gasteiger partial charge in [0.1, 0.15) is 5.82 Å². The lowest BCUT2D eigenvalue weighted by atomic mass is 9.76. The van der Waals surface area contributed by atoms with E-state index in [1.54, 1.807) is 0 Å². The first-order valence-corrected chi connectivity index (χ1v) is 10.3. The second-order valence-electron chi connectivity index (χ2n) is 8.42. The molecule has 1 aliphatic heterocycles. The third-order valence-corrected chi connectivity index (χ3v) is 6.61. The van der Waals surface area contributed by atoms with Gasteiger partial charge in [-0.2, -0.15) is 0 Å². The third-order valence-electron chi connectivity index (χ3n) is 6.61. The number of aromatic amines is 1. The van der Waals surface area contributed by atoms with Gasteiger partial charge in [0.05, 0.1) is 12.2 Å². The fraction of sp³-hybridized carbons (Fsp3) is 0.500. The molecule has 0 radical (unpaired) electrons. The summed E-state index contributed by atoms with van der Waals surface area (Å²) in [5, 5.41) is 3.31. The molecule has 1 aromatic heterocycles. The summed E-state index contributed by atoms with van der Waals surface area (Å²) in [4.78, 5) is 35.0. The van der Waals surface area contributed by atoms with E-state index in [4.69, 9.17) is 4.98 Å². The number of likely N-dealkylation sites (tertiary alicyclic amines) is 1. The highest BCUT2D eigenvalue weighted by molar-refractivity contribution is 5.85. The van der Waals surface area contributed by atoms with Crippen molar-refractivity contribution in [2.45, 2.75) is 50.0 Å². The van der Waals surface area contributed by atoms with Gasteiger partial charge in [-0.15, -0.1) is 12.4 Å². The van der Waals surface area contributed by atoms with Crippen LogP contribution in [0.25, 0.3) is 11.4 Å². The smallest absolute Gasteiger partial charge is 0.254 e. The lowest BCUT2D eigenvalue weighted by Crippen LogP contribution is -2.47. The van der Waals surface area contributed by atoms with E-state index in [2.05, 4.69) is 10.3 Å². The maximum atomic E-state index is 12.7. The molecular formula is C22H27ClN4O2. The van der Waals surface area contributed by atoms with E-state index >= 15 is 0 Å². The van der Waals surface area contributed by atoms with Crippen LogP contribution in [0.2, 0.25) is 0 Å². The van der Waals surface area contributed by atoms with Crippen LogP contribution in [0.1, 0.15) is 43.4 Å². The van der Waals surface area contributed by atoms with E-state index in [-0.39, 0.29) is 29.3 Å². The number of fused-ring (bicyclic) bond motifs is 2. The zero-order valence-corrected chi connectivity index (χ0v) is 17.3. The Kier molecular flexibility index (Phi) is 5.49. The number of piperidine rings is 1. The van der Waals surface area contributed by atoms with Gasteiger partial charge in [-0.1, -0.05) is 30.3 Å². The molecule has 1 spiro atoms. The minimum absolute atomic E-state index is 0. The summed E-state index contributed by atoms with van der Waals surface area (Å²) in [5.74, 6) is 0.849. The summed E-state index contributed by atoms with van der Waals surface area (Å²) in [7, 11) is 0. The molecule has 1 aromatic carbocycles. The van der Waals surface area contributed by atoms with Crippen molar-refractivity contribution in [3.05, 3.63) is 51.9 Å². The molecule has 0 atom stereocenters. The summed E-state index contributed by atoms with van der Waals surface area (Å²) >= 11 is 0. The number of hydrogen-bond donors (Lipinski definition) is 2. The minimum Gasteiger partial charge on any atom is -0.342 e. The third kappa shape index (κ3) is 3.83. The Morgan fingerprint density at radius 2 is 1.90 bits per heavy atom. The minimum atomic E-state index is -0.0617.